The number of ether oxygens (including phenoxy) is 15. The van der Waals surface area contributed by atoms with Crippen LogP contribution in [0.2, 0.25) is 0 Å². The zero-order valence-corrected chi connectivity index (χ0v) is 51.7. The van der Waals surface area contributed by atoms with Crippen LogP contribution in [0.3, 0.4) is 0 Å². The quantitative estimate of drug-likeness (QED) is 0.0765. The maximum atomic E-state index is 13.8. The minimum absolute atomic E-state index is 0.0644. The van der Waals surface area contributed by atoms with Crippen molar-refractivity contribution < 1.29 is 121 Å². The van der Waals surface area contributed by atoms with Crippen molar-refractivity contribution in [3.05, 3.63) is 47.5 Å². The number of carbonyl (C=O) groups is 2. The second kappa shape index (κ2) is 26.3. The molecule has 0 bridgehead atoms. The fraction of sp³-hybridized carbons (Fsp3) is 0.839. The van der Waals surface area contributed by atoms with Crippen LogP contribution in [0.25, 0.3) is 0 Å². The van der Waals surface area contributed by atoms with Crippen LogP contribution in [0.15, 0.2) is 42.0 Å². The van der Waals surface area contributed by atoms with E-state index in [4.69, 9.17) is 71.1 Å². The van der Waals surface area contributed by atoms with Crippen molar-refractivity contribution >= 4 is 11.8 Å². The zero-order chi connectivity index (χ0) is 62.9. The predicted octanol–water partition coefficient (Wildman–Crippen LogP) is 1.63. The number of Topliss-reactive ketones (excluding diaryl/α,β-unsaturated/α-hetero) is 1. The summed E-state index contributed by atoms with van der Waals surface area (Å²) in [5.74, 6) is -1.81. The Kier molecular flexibility index (Phi) is 20.3. The second-order valence-corrected chi connectivity index (χ2v) is 26.1. The van der Waals surface area contributed by atoms with E-state index in [2.05, 4.69) is 6.92 Å². The van der Waals surface area contributed by atoms with E-state index in [1.807, 2.05) is 19.9 Å². The molecule has 0 radical (unpaired) electrons. The van der Waals surface area contributed by atoms with Gasteiger partial charge in [-0.15, -0.1) is 0 Å². The van der Waals surface area contributed by atoms with Crippen LogP contribution in [-0.4, -0.2) is 252 Å². The highest BCUT2D eigenvalue weighted by Crippen LogP contribution is 2.71. The normalized spacial score (nSPS) is 50.1. The van der Waals surface area contributed by atoms with Gasteiger partial charge in [0.1, 0.15) is 83.9 Å². The van der Waals surface area contributed by atoms with Gasteiger partial charge in [0.2, 0.25) is 0 Å². The van der Waals surface area contributed by atoms with Crippen LogP contribution in [0.1, 0.15) is 123 Å². The Morgan fingerprint density at radius 3 is 1.67 bits per heavy atom. The molecular weight excluding hydrogens is 1140 g/mol. The van der Waals surface area contributed by atoms with E-state index in [1.54, 1.807) is 65.3 Å². The van der Waals surface area contributed by atoms with Gasteiger partial charge in [-0.3, -0.25) is 4.79 Å². The Morgan fingerprint density at radius 1 is 0.598 bits per heavy atom. The molecule has 8 N–H and O–H groups in total. The minimum Gasteiger partial charge on any atom is -0.458 e. The molecule has 9 aliphatic rings. The molecule has 10 rings (SSSR count). The average Bonchev–Trinajstić information content (AvgIpc) is 1.61. The van der Waals surface area contributed by atoms with Crippen molar-refractivity contribution in [2.24, 2.45) is 16.7 Å². The third-order valence-electron chi connectivity index (χ3n) is 21.6. The fourth-order valence-corrected chi connectivity index (χ4v) is 16.4. The fourth-order valence-electron chi connectivity index (χ4n) is 16.4. The van der Waals surface area contributed by atoms with Gasteiger partial charge in [0.25, 0.3) is 0 Å². The average molecular weight is 1240 g/mol. The first-order valence-electron chi connectivity index (χ1n) is 30.9. The number of esters is 1. The highest BCUT2D eigenvalue weighted by molar-refractivity contribution is 5.90. The lowest BCUT2D eigenvalue weighted by Crippen LogP contribution is -2.78. The van der Waals surface area contributed by atoms with Crippen molar-refractivity contribution in [2.45, 2.75) is 277 Å². The van der Waals surface area contributed by atoms with E-state index >= 15 is 0 Å². The number of aliphatic hydroxyl groups excluding tert-OH is 5. The van der Waals surface area contributed by atoms with E-state index in [0.717, 1.165) is 5.57 Å². The van der Waals surface area contributed by atoms with Crippen molar-refractivity contribution in [3.63, 3.8) is 0 Å². The van der Waals surface area contributed by atoms with Gasteiger partial charge in [-0.05, 0) is 104 Å². The standard InChI is InChI=1S/C62H94O25/c1-29-50(37(73-8)24-43(77-29)81-36-18-19-58(6)35(23-36)17-20-61(71)41(58)27-42(83-55(69)34-15-13-12-14-16-34)59(7)60(70,33(5)64)21-22-62(59,61)72)84-44-25-38(74-9)51(30(2)78-44)85-45-26-39(75-10)52(31(3)79-45)86-57-49(68)54(76-11)53(32(4)80-57)87-56-48(67)47(66)46(65)40(28-63)82-56/h12-17,29-32,36-54,56-57,63,65-68,70-72H,18-28H2,1-11H3/t29-,30-,31-,32-,36+,37+,38-,39-,40-,41-,42?,43+,44+,45+,46-,47+,48-,49-,50-,51-,52-,53-,54+,56+,57+,58+,59-,60+,61+,62-/m1/s1. The largest absolute Gasteiger partial charge is 0.458 e. The molecule has 3 saturated carbocycles. The first-order valence-corrected chi connectivity index (χ1v) is 30.9. The Balaban J connectivity index is 0.728. The molecule has 5 heterocycles. The van der Waals surface area contributed by atoms with Crippen molar-refractivity contribution in [2.75, 3.05) is 35.0 Å². The van der Waals surface area contributed by atoms with Gasteiger partial charge >= 0.3 is 5.97 Å². The third-order valence-corrected chi connectivity index (χ3v) is 21.6. The monoisotopic (exact) mass is 1240 g/mol. The first kappa shape index (κ1) is 67.1. The number of methoxy groups -OCH3 is 4. The van der Waals surface area contributed by atoms with Gasteiger partial charge in [0, 0.05) is 53.6 Å². The third kappa shape index (κ3) is 11.9. The molecule has 8 fully saturated rings. The molecule has 0 aromatic heterocycles. The lowest BCUT2D eigenvalue weighted by atomic mass is 9.42. The van der Waals surface area contributed by atoms with Gasteiger partial charge in [-0.1, -0.05) is 36.8 Å². The van der Waals surface area contributed by atoms with Crippen LogP contribution in [0.4, 0.5) is 0 Å². The van der Waals surface area contributed by atoms with Gasteiger partial charge < -0.3 is 112 Å². The topological polar surface area (TPSA) is 334 Å². The Morgan fingerprint density at radius 2 is 1.13 bits per heavy atom. The maximum Gasteiger partial charge on any atom is 0.338 e. The van der Waals surface area contributed by atoms with Crippen molar-refractivity contribution in [1.82, 2.24) is 0 Å². The number of fused-ring (bicyclic) bond motifs is 5. The van der Waals surface area contributed by atoms with Gasteiger partial charge in [0.15, 0.2) is 37.2 Å². The number of rotatable bonds is 18. The van der Waals surface area contributed by atoms with E-state index < -0.39 is 193 Å². The van der Waals surface area contributed by atoms with Crippen LogP contribution < -0.4 is 0 Å². The molecule has 25 nitrogen and oxygen atoms in total. The molecule has 25 heteroatoms. The Bertz CT molecular complexity index is 2550. The van der Waals surface area contributed by atoms with Crippen LogP contribution in [0.5, 0.6) is 0 Å². The summed E-state index contributed by atoms with van der Waals surface area (Å²) in [6, 6.07) is 8.47. The van der Waals surface area contributed by atoms with Crippen molar-refractivity contribution in [1.29, 1.82) is 0 Å². The molecule has 4 aliphatic carbocycles. The maximum absolute atomic E-state index is 13.8. The number of benzene rings is 1. The first-order chi connectivity index (χ1) is 41.2. The molecule has 1 unspecified atom stereocenters. The summed E-state index contributed by atoms with van der Waals surface area (Å²) in [6.45, 7) is 11.5. The summed E-state index contributed by atoms with van der Waals surface area (Å²) >= 11 is 0. The number of aliphatic hydroxyl groups is 8. The molecule has 5 saturated heterocycles. The number of ketones is 1. The lowest BCUT2D eigenvalue weighted by Gasteiger charge is -2.67. The van der Waals surface area contributed by atoms with Gasteiger partial charge in [0.05, 0.1) is 66.4 Å². The summed E-state index contributed by atoms with van der Waals surface area (Å²) < 4.78 is 93.6. The summed E-state index contributed by atoms with van der Waals surface area (Å²) in [6.07, 6.45) is -17.5. The van der Waals surface area contributed by atoms with Gasteiger partial charge in [-0.2, -0.15) is 0 Å². The minimum atomic E-state index is -2.06. The van der Waals surface area contributed by atoms with E-state index in [0.29, 0.717) is 37.7 Å². The molecule has 0 amide bonds. The predicted molar refractivity (Wildman–Crippen MR) is 300 cm³/mol. The molecule has 87 heavy (non-hydrogen) atoms. The zero-order valence-electron chi connectivity index (χ0n) is 51.7. The van der Waals surface area contributed by atoms with Crippen molar-refractivity contribution in [3.8, 4) is 0 Å². The van der Waals surface area contributed by atoms with Gasteiger partial charge in [-0.25, -0.2) is 4.79 Å². The van der Waals surface area contributed by atoms with Crippen LogP contribution >= 0.6 is 0 Å². The summed E-state index contributed by atoms with van der Waals surface area (Å²) in [7, 11) is 6.10. The Hall–Kier alpha value is -2.78. The molecule has 1 aromatic rings. The molecule has 1 aromatic carbocycles. The molecule has 5 aliphatic heterocycles. The van der Waals surface area contributed by atoms with Crippen LogP contribution in [0, 0.1) is 16.7 Å². The van der Waals surface area contributed by atoms with E-state index in [-0.39, 0.29) is 38.2 Å². The SMILES string of the molecule is CO[C@H]1[C@@H](O)[C@H](O[C@@H]2[C@@H](C)O[C@@H](O[C@@H]3[C@@H](C)O[C@@H](O[C@H]4[C@@H](OC)C[C@H](O[C@H]5CC[C@@]6(C)C(=CC[C@]7(O)[C@@H]6CC(OC(=O)c6ccccc6)[C@@]6(C)[C@]7(O)CC[C@]6(O)C(C)=O)C5)O[C@@H]4C)C[C@H]3OC)C[C@H]2OC)O[C@H](C)[C@H]1O[C@@H]1O[C@H](CO)[C@@H](O)[C@H](O)[C@H]1O. The molecule has 492 valence electrons. The number of hydrogen-bond acceptors (Lipinski definition) is 25. The van der Waals surface area contributed by atoms with E-state index in [1.165, 1.54) is 21.1 Å². The van der Waals surface area contributed by atoms with E-state index in [9.17, 15) is 50.4 Å². The molecule has 30 atom stereocenters. The molecular formula is C62H94O25. The highest BCUT2D eigenvalue weighted by Gasteiger charge is 2.81. The smallest absolute Gasteiger partial charge is 0.338 e. The summed E-state index contributed by atoms with van der Waals surface area (Å²) in [5.41, 5.74) is -6.85. The number of carbonyl (C=O) groups excluding carboxylic acids is 2. The highest BCUT2D eigenvalue weighted by atomic mass is 16.8. The summed E-state index contributed by atoms with van der Waals surface area (Å²) in [4.78, 5) is 27.1. The number of hydrogen-bond donors (Lipinski definition) is 8. The molecule has 0 spiro atoms. The lowest BCUT2D eigenvalue weighted by molar-refractivity contribution is -0.374. The second-order valence-electron chi connectivity index (χ2n) is 26.1. The van der Waals surface area contributed by atoms with Crippen LogP contribution in [-0.2, 0) is 75.8 Å². The Labute approximate surface area is 508 Å². The summed E-state index contributed by atoms with van der Waals surface area (Å²) in [5, 5.41) is 90.6.